The molecule has 7 heteroatoms. The van der Waals surface area contributed by atoms with Crippen molar-refractivity contribution in [1.29, 1.82) is 0 Å². The average molecular weight is 262 g/mol. The zero-order valence-corrected chi connectivity index (χ0v) is 10.9. The van der Waals surface area contributed by atoms with Gasteiger partial charge < -0.3 is 19.3 Å². The fourth-order valence-electron chi connectivity index (χ4n) is 1.32. The highest BCUT2D eigenvalue weighted by Gasteiger charge is 2.41. The van der Waals surface area contributed by atoms with Gasteiger partial charge in [0.1, 0.15) is 6.61 Å². The van der Waals surface area contributed by atoms with Gasteiger partial charge in [-0.15, -0.1) is 0 Å². The fraction of sp³-hybridized carbons (Fsp3) is 0.727. The van der Waals surface area contributed by atoms with Crippen LogP contribution in [-0.2, 0) is 28.6 Å². The summed E-state index contributed by atoms with van der Waals surface area (Å²) < 4.78 is 14.6. The van der Waals surface area contributed by atoms with Gasteiger partial charge >= 0.3 is 17.9 Å². The summed E-state index contributed by atoms with van der Waals surface area (Å²) in [5.41, 5.74) is -1.43. The van der Waals surface area contributed by atoms with Crippen LogP contribution >= 0.6 is 0 Å². The van der Waals surface area contributed by atoms with E-state index in [1.165, 1.54) is 13.8 Å². The molecule has 104 valence electrons. The Morgan fingerprint density at radius 3 is 2.00 bits per heavy atom. The minimum atomic E-state index is -1.43. The second kappa shape index (κ2) is 6.95. The summed E-state index contributed by atoms with van der Waals surface area (Å²) in [7, 11) is 0. The molecule has 0 unspecified atom stereocenters. The number of carbonyl (C=O) groups excluding carboxylic acids is 3. The fourth-order valence-corrected chi connectivity index (χ4v) is 1.32. The van der Waals surface area contributed by atoms with E-state index < -0.39 is 36.2 Å². The van der Waals surface area contributed by atoms with Crippen LogP contribution < -0.4 is 0 Å². The number of hydrogen-bond donors (Lipinski definition) is 1. The third-order valence-corrected chi connectivity index (χ3v) is 2.09. The number of carbonyl (C=O) groups is 3. The quantitative estimate of drug-likeness (QED) is 0.522. The van der Waals surface area contributed by atoms with Crippen molar-refractivity contribution in [3.05, 3.63) is 0 Å². The number of ether oxygens (including phenoxy) is 3. The molecule has 0 fully saturated rings. The Morgan fingerprint density at radius 1 is 1.11 bits per heavy atom. The first kappa shape index (κ1) is 16.4. The molecular formula is C11H18O7. The van der Waals surface area contributed by atoms with Gasteiger partial charge in [-0.1, -0.05) is 0 Å². The maximum absolute atomic E-state index is 11.0. The van der Waals surface area contributed by atoms with Crippen LogP contribution in [0.15, 0.2) is 0 Å². The predicted molar refractivity (Wildman–Crippen MR) is 59.4 cm³/mol. The van der Waals surface area contributed by atoms with Crippen molar-refractivity contribution in [3.8, 4) is 0 Å². The lowest BCUT2D eigenvalue weighted by Gasteiger charge is -2.34. The maximum Gasteiger partial charge on any atom is 0.303 e. The first-order valence-corrected chi connectivity index (χ1v) is 5.32. The summed E-state index contributed by atoms with van der Waals surface area (Å²) in [6.45, 7) is 4.02. The van der Waals surface area contributed by atoms with E-state index in [2.05, 4.69) is 0 Å². The molecule has 18 heavy (non-hydrogen) atoms. The summed E-state index contributed by atoms with van der Waals surface area (Å²) in [5, 5.41) is 9.18. The molecule has 0 radical (unpaired) electrons. The van der Waals surface area contributed by atoms with Gasteiger partial charge in [-0.05, 0) is 6.92 Å². The Morgan fingerprint density at radius 2 is 1.67 bits per heavy atom. The number of rotatable bonds is 6. The zero-order valence-electron chi connectivity index (χ0n) is 10.9. The second-order valence-electron chi connectivity index (χ2n) is 3.97. The molecule has 0 rings (SSSR count). The van der Waals surface area contributed by atoms with Crippen molar-refractivity contribution in [3.63, 3.8) is 0 Å². The number of hydrogen-bond acceptors (Lipinski definition) is 7. The lowest BCUT2D eigenvalue weighted by Crippen LogP contribution is -2.51. The summed E-state index contributed by atoms with van der Waals surface area (Å²) in [5.74, 6) is -1.86. The molecule has 0 aliphatic rings. The molecule has 0 aromatic carbocycles. The van der Waals surface area contributed by atoms with E-state index >= 15 is 0 Å². The first-order chi connectivity index (χ1) is 8.21. The lowest BCUT2D eigenvalue weighted by atomic mass is 10.00. The van der Waals surface area contributed by atoms with Crippen LogP contribution in [0, 0.1) is 0 Å². The van der Waals surface area contributed by atoms with Crippen LogP contribution in [0.4, 0.5) is 0 Å². The predicted octanol–water partition coefficient (Wildman–Crippen LogP) is -0.205. The molecule has 0 amide bonds. The van der Waals surface area contributed by atoms with E-state index in [1.807, 2.05) is 0 Å². The first-order valence-electron chi connectivity index (χ1n) is 5.32. The Balaban J connectivity index is 4.95. The van der Waals surface area contributed by atoms with Crippen molar-refractivity contribution in [2.75, 3.05) is 13.2 Å². The van der Waals surface area contributed by atoms with Gasteiger partial charge in [0.2, 0.25) is 0 Å². The van der Waals surface area contributed by atoms with Crippen molar-refractivity contribution in [1.82, 2.24) is 0 Å². The molecule has 0 bridgehead atoms. The normalized spacial score (nSPS) is 15.2. The van der Waals surface area contributed by atoms with Crippen LogP contribution in [-0.4, -0.2) is 47.9 Å². The van der Waals surface area contributed by atoms with E-state index in [4.69, 9.17) is 14.2 Å². The van der Waals surface area contributed by atoms with Gasteiger partial charge in [0, 0.05) is 20.8 Å². The van der Waals surface area contributed by atoms with Gasteiger partial charge in [0.25, 0.3) is 0 Å². The van der Waals surface area contributed by atoms with Crippen molar-refractivity contribution in [2.45, 2.75) is 39.4 Å². The summed E-state index contributed by atoms with van der Waals surface area (Å²) in [6.07, 6.45) is -1.11. The van der Waals surface area contributed by atoms with E-state index in [0.29, 0.717) is 0 Å². The van der Waals surface area contributed by atoms with Gasteiger partial charge in [0.05, 0.1) is 6.61 Å². The SMILES string of the molecule is CC(=O)OC[C@](C)(OC(C)=O)[C@@H](CO)OC(C)=O. The van der Waals surface area contributed by atoms with Crippen LogP contribution in [0.25, 0.3) is 0 Å². The molecule has 0 aromatic heterocycles. The molecular weight excluding hydrogens is 244 g/mol. The Hall–Kier alpha value is -1.63. The van der Waals surface area contributed by atoms with Gasteiger partial charge in [-0.25, -0.2) is 0 Å². The Bertz CT molecular complexity index is 325. The molecule has 1 N–H and O–H groups in total. The molecule has 2 atom stereocenters. The Labute approximate surface area is 105 Å². The second-order valence-corrected chi connectivity index (χ2v) is 3.97. The molecule has 0 saturated carbocycles. The summed E-state index contributed by atoms with van der Waals surface area (Å²) in [4.78, 5) is 32.7. The van der Waals surface area contributed by atoms with Gasteiger partial charge in [-0.3, -0.25) is 14.4 Å². The van der Waals surface area contributed by atoms with E-state index in [0.717, 1.165) is 13.8 Å². The molecule has 0 heterocycles. The number of aliphatic hydroxyl groups is 1. The highest BCUT2D eigenvalue weighted by molar-refractivity contribution is 5.68. The zero-order chi connectivity index (χ0) is 14.3. The lowest BCUT2D eigenvalue weighted by molar-refractivity contribution is -0.196. The summed E-state index contributed by atoms with van der Waals surface area (Å²) in [6, 6.07) is 0. The van der Waals surface area contributed by atoms with Crippen molar-refractivity contribution >= 4 is 17.9 Å². The Kier molecular flexibility index (Phi) is 6.32. The molecule has 0 saturated heterocycles. The topological polar surface area (TPSA) is 99.1 Å². The maximum atomic E-state index is 11.0. The van der Waals surface area contributed by atoms with Gasteiger partial charge in [-0.2, -0.15) is 0 Å². The highest BCUT2D eigenvalue weighted by atomic mass is 16.6. The molecule has 0 spiro atoms. The smallest absolute Gasteiger partial charge is 0.303 e. The average Bonchev–Trinajstić information content (AvgIpc) is 2.21. The minimum absolute atomic E-state index is 0.319. The van der Waals surface area contributed by atoms with E-state index in [-0.39, 0.29) is 6.61 Å². The van der Waals surface area contributed by atoms with Gasteiger partial charge in [0.15, 0.2) is 11.7 Å². The standard InChI is InChI=1S/C11H18O7/c1-7(13)16-6-11(4,18-9(3)15)10(5-12)17-8(2)14/h10,12H,5-6H2,1-4H3/t10-,11+/m1/s1. The molecule has 0 aromatic rings. The third kappa shape index (κ3) is 5.62. The number of aliphatic hydroxyl groups excluding tert-OH is 1. The van der Waals surface area contributed by atoms with Crippen LogP contribution in [0.5, 0.6) is 0 Å². The largest absolute Gasteiger partial charge is 0.461 e. The minimum Gasteiger partial charge on any atom is -0.461 e. The monoisotopic (exact) mass is 262 g/mol. The third-order valence-electron chi connectivity index (χ3n) is 2.09. The molecule has 0 aliphatic carbocycles. The van der Waals surface area contributed by atoms with E-state index in [1.54, 1.807) is 0 Å². The highest BCUT2D eigenvalue weighted by Crippen LogP contribution is 2.20. The van der Waals surface area contributed by atoms with Crippen LogP contribution in [0.1, 0.15) is 27.7 Å². The molecule has 0 aliphatic heterocycles. The van der Waals surface area contributed by atoms with Crippen LogP contribution in [0.3, 0.4) is 0 Å². The van der Waals surface area contributed by atoms with Crippen molar-refractivity contribution in [2.24, 2.45) is 0 Å². The van der Waals surface area contributed by atoms with Crippen molar-refractivity contribution < 1.29 is 33.7 Å². The van der Waals surface area contributed by atoms with Crippen LogP contribution in [0.2, 0.25) is 0 Å². The summed E-state index contributed by atoms with van der Waals surface area (Å²) >= 11 is 0. The molecule has 7 nitrogen and oxygen atoms in total. The number of esters is 3. The van der Waals surface area contributed by atoms with E-state index in [9.17, 15) is 19.5 Å².